The maximum absolute atomic E-state index is 11.2. The average molecular weight is 219 g/mol. The predicted molar refractivity (Wildman–Crippen MR) is 55.0 cm³/mol. The number of rotatable bonds is 2. The van der Waals surface area contributed by atoms with Gasteiger partial charge < -0.3 is 0 Å². The summed E-state index contributed by atoms with van der Waals surface area (Å²) in [5.41, 5.74) is -0.156. The Hall–Kier alpha value is -0.390. The Balaban J connectivity index is 2.88. The van der Waals surface area contributed by atoms with Crippen LogP contribution < -0.4 is 4.72 Å². The highest BCUT2D eigenvalue weighted by Crippen LogP contribution is 2.30. The first-order valence-electron chi connectivity index (χ1n) is 4.58. The van der Waals surface area contributed by atoms with Crippen molar-refractivity contribution in [1.82, 2.24) is 4.72 Å². The van der Waals surface area contributed by atoms with Gasteiger partial charge in [-0.1, -0.05) is 26.8 Å². The van der Waals surface area contributed by atoms with E-state index in [2.05, 4.69) is 11.3 Å². The topological polar surface area (TPSA) is 55.4 Å². The Kier molecular flexibility index (Phi) is 3.04. The fraction of sp³-hybridized carbons (Fsp3) is 0.778. The number of hydrogen-bond acceptors (Lipinski definition) is 3. The van der Waals surface area contributed by atoms with E-state index in [9.17, 15) is 8.42 Å². The van der Waals surface area contributed by atoms with E-state index in [1.54, 1.807) is 6.08 Å². The van der Waals surface area contributed by atoms with Crippen LogP contribution in [0.1, 0.15) is 27.2 Å². The zero-order valence-electron chi connectivity index (χ0n) is 8.78. The Morgan fingerprint density at radius 1 is 1.50 bits per heavy atom. The van der Waals surface area contributed by atoms with Crippen molar-refractivity contribution in [2.24, 2.45) is 5.41 Å². The van der Waals surface area contributed by atoms with Crippen LogP contribution in [0.25, 0.3) is 0 Å². The van der Waals surface area contributed by atoms with Crippen LogP contribution in [0.5, 0.6) is 0 Å². The van der Waals surface area contributed by atoms with Gasteiger partial charge in [-0.15, -0.1) is 6.58 Å². The van der Waals surface area contributed by atoms with Gasteiger partial charge >= 0.3 is 10.3 Å². The van der Waals surface area contributed by atoms with Gasteiger partial charge in [0, 0.05) is 0 Å². The van der Waals surface area contributed by atoms with Crippen LogP contribution in [-0.2, 0) is 14.5 Å². The molecule has 0 unspecified atom stereocenters. The molecule has 4 nitrogen and oxygen atoms in total. The Morgan fingerprint density at radius 3 is 2.50 bits per heavy atom. The molecule has 0 spiro atoms. The van der Waals surface area contributed by atoms with Crippen molar-refractivity contribution in [3.8, 4) is 0 Å². The molecule has 1 aliphatic rings. The second kappa shape index (κ2) is 3.64. The van der Waals surface area contributed by atoms with Gasteiger partial charge in [-0.3, -0.25) is 4.18 Å². The first kappa shape index (κ1) is 11.7. The molecule has 1 heterocycles. The largest absolute Gasteiger partial charge is 0.336 e. The quantitative estimate of drug-likeness (QED) is 0.710. The minimum Gasteiger partial charge on any atom is -0.253 e. The van der Waals surface area contributed by atoms with Gasteiger partial charge in [0.1, 0.15) is 0 Å². The van der Waals surface area contributed by atoms with Crippen LogP contribution in [0, 0.1) is 5.41 Å². The Morgan fingerprint density at radius 2 is 2.07 bits per heavy atom. The third-order valence-electron chi connectivity index (χ3n) is 2.23. The molecule has 0 bridgehead atoms. The molecule has 1 aliphatic heterocycles. The second-order valence-corrected chi connectivity index (χ2v) is 5.91. The monoisotopic (exact) mass is 219 g/mol. The van der Waals surface area contributed by atoms with E-state index in [1.807, 2.05) is 20.8 Å². The van der Waals surface area contributed by atoms with Crippen LogP contribution in [-0.4, -0.2) is 20.6 Å². The van der Waals surface area contributed by atoms with Crippen LogP contribution in [0.15, 0.2) is 12.7 Å². The van der Waals surface area contributed by atoms with E-state index in [1.165, 1.54) is 0 Å². The highest BCUT2D eigenvalue weighted by atomic mass is 32.2. The molecule has 1 fully saturated rings. The SMILES string of the molecule is C=CC[C@@H]1OS(=O)(=O)N[C@@H]1C(C)(C)C. The number of nitrogens with one attached hydrogen (secondary N) is 1. The summed E-state index contributed by atoms with van der Waals surface area (Å²) >= 11 is 0. The molecule has 0 radical (unpaired) electrons. The fourth-order valence-corrected chi connectivity index (χ4v) is 2.94. The first-order chi connectivity index (χ1) is 6.26. The van der Waals surface area contributed by atoms with E-state index >= 15 is 0 Å². The van der Waals surface area contributed by atoms with Crippen molar-refractivity contribution in [1.29, 1.82) is 0 Å². The Bertz CT molecular complexity index is 315. The molecule has 0 amide bonds. The third-order valence-corrected chi connectivity index (χ3v) is 3.27. The van der Waals surface area contributed by atoms with E-state index in [-0.39, 0.29) is 17.6 Å². The van der Waals surface area contributed by atoms with E-state index < -0.39 is 10.3 Å². The molecule has 0 saturated carbocycles. The average Bonchev–Trinajstić information content (AvgIpc) is 2.25. The van der Waals surface area contributed by atoms with E-state index in [0.717, 1.165) is 0 Å². The summed E-state index contributed by atoms with van der Waals surface area (Å²) in [6.45, 7) is 9.52. The molecule has 1 saturated heterocycles. The molecular formula is C9H17NO3S. The van der Waals surface area contributed by atoms with Gasteiger partial charge in [0.05, 0.1) is 12.1 Å². The summed E-state index contributed by atoms with van der Waals surface area (Å²) in [7, 11) is -3.55. The lowest BCUT2D eigenvalue weighted by Gasteiger charge is -2.28. The molecule has 82 valence electrons. The molecule has 0 aromatic carbocycles. The van der Waals surface area contributed by atoms with Crippen molar-refractivity contribution in [2.45, 2.75) is 39.3 Å². The molecule has 14 heavy (non-hydrogen) atoms. The lowest BCUT2D eigenvalue weighted by atomic mass is 9.83. The van der Waals surface area contributed by atoms with Crippen LogP contribution >= 0.6 is 0 Å². The third kappa shape index (κ3) is 2.56. The van der Waals surface area contributed by atoms with Gasteiger partial charge in [0.25, 0.3) is 0 Å². The van der Waals surface area contributed by atoms with Crippen LogP contribution in [0.4, 0.5) is 0 Å². The molecular weight excluding hydrogens is 202 g/mol. The summed E-state index contributed by atoms with van der Waals surface area (Å²) < 4.78 is 29.8. The predicted octanol–water partition coefficient (Wildman–Crippen LogP) is 1.21. The first-order valence-corrected chi connectivity index (χ1v) is 5.98. The maximum Gasteiger partial charge on any atom is 0.336 e. The van der Waals surface area contributed by atoms with Gasteiger partial charge in [0.2, 0.25) is 0 Å². The molecule has 2 atom stereocenters. The molecule has 5 heteroatoms. The summed E-state index contributed by atoms with van der Waals surface area (Å²) in [5, 5.41) is 0. The lowest BCUT2D eigenvalue weighted by molar-refractivity contribution is 0.153. The smallest absolute Gasteiger partial charge is 0.253 e. The van der Waals surface area contributed by atoms with Crippen molar-refractivity contribution in [3.63, 3.8) is 0 Å². The van der Waals surface area contributed by atoms with Crippen molar-refractivity contribution < 1.29 is 12.6 Å². The summed E-state index contributed by atoms with van der Waals surface area (Å²) in [4.78, 5) is 0. The fourth-order valence-electron chi connectivity index (χ4n) is 1.55. The van der Waals surface area contributed by atoms with Gasteiger partial charge in [-0.25, -0.2) is 0 Å². The van der Waals surface area contributed by atoms with Crippen molar-refractivity contribution in [3.05, 3.63) is 12.7 Å². The van der Waals surface area contributed by atoms with Crippen LogP contribution in [0.3, 0.4) is 0 Å². The van der Waals surface area contributed by atoms with Crippen molar-refractivity contribution >= 4 is 10.3 Å². The second-order valence-electron chi connectivity index (χ2n) is 4.57. The summed E-state index contributed by atoms with van der Waals surface area (Å²) in [6, 6.07) is -0.189. The van der Waals surface area contributed by atoms with Gasteiger partial charge in [-0.05, 0) is 11.8 Å². The highest BCUT2D eigenvalue weighted by Gasteiger charge is 2.43. The molecule has 1 N–H and O–H groups in total. The van der Waals surface area contributed by atoms with Gasteiger partial charge in [-0.2, -0.15) is 13.1 Å². The number of hydrogen-bond donors (Lipinski definition) is 1. The van der Waals surface area contributed by atoms with E-state index in [0.29, 0.717) is 6.42 Å². The molecule has 1 rings (SSSR count). The summed E-state index contributed by atoms with van der Waals surface area (Å²) in [6.07, 6.45) is 1.87. The van der Waals surface area contributed by atoms with E-state index in [4.69, 9.17) is 4.18 Å². The zero-order chi connectivity index (χ0) is 11.0. The minimum atomic E-state index is -3.55. The lowest BCUT2D eigenvalue weighted by Crippen LogP contribution is -2.42. The normalized spacial score (nSPS) is 31.6. The molecule has 0 aliphatic carbocycles. The van der Waals surface area contributed by atoms with Crippen molar-refractivity contribution in [2.75, 3.05) is 0 Å². The standard InChI is InChI=1S/C9H17NO3S/c1-5-6-7-8(9(2,3)4)10-14(11,12)13-7/h5,7-8,10H,1,6H2,2-4H3/t7-,8-/m0/s1. The molecule has 0 aromatic rings. The summed E-state index contributed by atoms with van der Waals surface area (Å²) in [5.74, 6) is 0. The molecule has 0 aromatic heterocycles. The van der Waals surface area contributed by atoms with Crippen LogP contribution in [0.2, 0.25) is 0 Å². The minimum absolute atomic E-state index is 0.156. The Labute approximate surface area is 85.6 Å². The zero-order valence-corrected chi connectivity index (χ0v) is 9.60. The maximum atomic E-state index is 11.2. The van der Waals surface area contributed by atoms with Gasteiger partial charge in [0.15, 0.2) is 0 Å². The highest BCUT2D eigenvalue weighted by molar-refractivity contribution is 7.85.